The average molecular weight is 913 g/mol. The van der Waals surface area contributed by atoms with E-state index in [1.54, 1.807) is 0 Å². The molecule has 0 spiro atoms. The Labute approximate surface area is 409 Å². The number of rotatable bonds is 3. The molecule has 14 rings (SSSR count). The van der Waals surface area contributed by atoms with Gasteiger partial charge in [0.15, 0.2) is 7.28 Å². The second kappa shape index (κ2) is 13.6. The summed E-state index contributed by atoms with van der Waals surface area (Å²) in [5, 5.41) is 11.6. The zero-order valence-electron chi connectivity index (χ0n) is 41.5. The fraction of sp³-hybridized carbons (Fsp3) is 0.250. The number of anilines is 2. The van der Waals surface area contributed by atoms with Gasteiger partial charge in [-0.05, 0) is 152 Å². The lowest BCUT2D eigenvalue weighted by atomic mass is 9.58. The SMILES string of the molecule is Cc1cc(-c2cc3c(cc2Nc2ccc(C(C)(C)C)cc2)C(C)(C)c2cc4c(cc2-3)C(C)(C)CCC4(C)C)c2c3c1c1cc4c(cc1n3-c1cc3c(cc1B2)sc1ccccc13)oc1ccccc14. The fourth-order valence-electron chi connectivity index (χ4n) is 13.1. The van der Waals surface area contributed by atoms with Gasteiger partial charge in [-0.15, -0.1) is 11.3 Å². The summed E-state index contributed by atoms with van der Waals surface area (Å²) in [6.07, 6.45) is 2.39. The Kier molecular flexibility index (Phi) is 8.17. The number of hydrogen-bond acceptors (Lipinski definition) is 3. The minimum Gasteiger partial charge on any atom is -0.456 e. The summed E-state index contributed by atoms with van der Waals surface area (Å²) < 4.78 is 11.9. The molecule has 0 saturated heterocycles. The quantitative estimate of drug-likeness (QED) is 0.179. The second-order valence-electron chi connectivity index (χ2n) is 23.7. The van der Waals surface area contributed by atoms with E-state index in [1.807, 2.05) is 11.3 Å². The second-order valence-corrected chi connectivity index (χ2v) is 24.8. The van der Waals surface area contributed by atoms with Gasteiger partial charge in [0.25, 0.3) is 0 Å². The van der Waals surface area contributed by atoms with Crippen molar-refractivity contribution in [2.45, 2.75) is 104 Å². The summed E-state index contributed by atoms with van der Waals surface area (Å²) in [6, 6.07) is 49.1. The van der Waals surface area contributed by atoms with E-state index in [9.17, 15) is 0 Å². The third-order valence-corrected chi connectivity index (χ3v) is 18.3. The van der Waals surface area contributed by atoms with Crippen LogP contribution in [0.3, 0.4) is 0 Å². The van der Waals surface area contributed by atoms with Crippen LogP contribution in [0.5, 0.6) is 0 Å². The lowest BCUT2D eigenvalue weighted by Gasteiger charge is -2.42. The van der Waals surface area contributed by atoms with Gasteiger partial charge in [0.1, 0.15) is 11.2 Å². The molecule has 3 aromatic heterocycles. The molecule has 0 atom stereocenters. The first-order chi connectivity index (χ1) is 32.9. The van der Waals surface area contributed by atoms with Crippen LogP contribution in [0.15, 0.2) is 132 Å². The van der Waals surface area contributed by atoms with Crippen molar-refractivity contribution < 1.29 is 4.42 Å². The highest BCUT2D eigenvalue weighted by Crippen LogP contribution is 2.56. The molecule has 0 unspecified atom stereocenters. The summed E-state index contributed by atoms with van der Waals surface area (Å²) in [4.78, 5) is 0. The number of fused-ring (bicyclic) bond motifs is 15. The standard InChI is InChI=1S/C64H57BN2OS/c1-34-25-44(41-26-39-40-28-48-49(63(7,8)24-23-62(48,5)6)30-46(40)64(9,10)47(39)31-51(41)66-36-21-19-35(20-22-36)61(2,3)4)59-60-58(34)45-27-42-37-15-11-13-17-54(37)68-55(42)33-52(45)67(60)53-29-43-38-16-12-14-18-56(38)69-57(43)32-50(53)65-59/h11-22,25-33,65-66H,23-24H2,1-10H3. The van der Waals surface area contributed by atoms with Crippen molar-refractivity contribution in [3.05, 3.63) is 161 Å². The normalized spacial score (nSPS) is 16.3. The van der Waals surface area contributed by atoms with Gasteiger partial charge >= 0.3 is 0 Å². The Morgan fingerprint density at radius 2 is 1.29 bits per heavy atom. The highest BCUT2D eigenvalue weighted by molar-refractivity contribution is 7.26. The maximum Gasteiger partial charge on any atom is 0.198 e. The molecule has 11 aromatic rings. The molecule has 1 N–H and O–H groups in total. The smallest absolute Gasteiger partial charge is 0.198 e. The minimum absolute atomic E-state index is 0.0662. The number of thiophene rings is 1. The van der Waals surface area contributed by atoms with Gasteiger partial charge < -0.3 is 14.3 Å². The Balaban J connectivity index is 1.08. The van der Waals surface area contributed by atoms with E-state index in [2.05, 4.69) is 207 Å². The van der Waals surface area contributed by atoms with E-state index in [-0.39, 0.29) is 21.7 Å². The first-order valence-corrected chi connectivity index (χ1v) is 25.9. The van der Waals surface area contributed by atoms with Crippen LogP contribution in [0.2, 0.25) is 0 Å². The largest absolute Gasteiger partial charge is 0.456 e. The van der Waals surface area contributed by atoms with Crippen molar-refractivity contribution in [1.29, 1.82) is 0 Å². The molecule has 0 amide bonds. The van der Waals surface area contributed by atoms with Crippen molar-refractivity contribution in [3.63, 3.8) is 0 Å². The van der Waals surface area contributed by atoms with E-state index >= 15 is 0 Å². The molecule has 3 aliphatic rings. The Bertz CT molecular complexity index is 4090. The summed E-state index contributed by atoms with van der Waals surface area (Å²) in [6.45, 7) is 24.0. The van der Waals surface area contributed by atoms with Crippen molar-refractivity contribution in [1.82, 2.24) is 4.57 Å². The van der Waals surface area contributed by atoms with Gasteiger partial charge in [0.05, 0.1) is 5.52 Å². The molecule has 4 heterocycles. The number of nitrogens with zero attached hydrogens (tertiary/aromatic N) is 1. The number of benzene rings is 8. The minimum atomic E-state index is -0.182. The van der Waals surface area contributed by atoms with Crippen molar-refractivity contribution >= 4 is 105 Å². The molecule has 2 aliphatic carbocycles. The Morgan fingerprint density at radius 3 is 2.06 bits per heavy atom. The number of aryl methyl sites for hydroxylation is 1. The van der Waals surface area contributed by atoms with Crippen LogP contribution >= 0.6 is 11.3 Å². The predicted octanol–water partition coefficient (Wildman–Crippen LogP) is 16.4. The van der Waals surface area contributed by atoms with Crippen LogP contribution in [0.4, 0.5) is 11.4 Å². The highest BCUT2D eigenvalue weighted by atomic mass is 32.1. The van der Waals surface area contributed by atoms with Gasteiger partial charge in [0, 0.05) is 81.3 Å². The molecule has 1 aliphatic heterocycles. The fourth-order valence-corrected chi connectivity index (χ4v) is 14.2. The molecule has 0 saturated carbocycles. The van der Waals surface area contributed by atoms with Crippen molar-refractivity contribution in [3.8, 4) is 27.9 Å². The van der Waals surface area contributed by atoms with E-state index < -0.39 is 0 Å². The van der Waals surface area contributed by atoms with Crippen LogP contribution in [0.25, 0.3) is 91.9 Å². The van der Waals surface area contributed by atoms with E-state index in [0.717, 1.165) is 35.2 Å². The van der Waals surface area contributed by atoms with E-state index in [1.165, 1.54) is 132 Å². The van der Waals surface area contributed by atoms with Crippen LogP contribution in [-0.2, 0) is 21.7 Å². The van der Waals surface area contributed by atoms with E-state index in [4.69, 9.17) is 4.42 Å². The lowest BCUT2D eigenvalue weighted by molar-refractivity contribution is 0.331. The van der Waals surface area contributed by atoms with Crippen LogP contribution in [0.1, 0.15) is 109 Å². The summed E-state index contributed by atoms with van der Waals surface area (Å²) in [5.74, 6) is 0. The van der Waals surface area contributed by atoms with Gasteiger partial charge in [-0.1, -0.05) is 128 Å². The lowest BCUT2D eigenvalue weighted by Crippen LogP contribution is -2.37. The third kappa shape index (κ3) is 5.74. The maximum absolute atomic E-state index is 6.66. The Morgan fingerprint density at radius 1 is 0.594 bits per heavy atom. The molecular formula is C64H57BN2OS. The first-order valence-electron chi connectivity index (χ1n) is 25.1. The van der Waals surface area contributed by atoms with Gasteiger partial charge in [-0.25, -0.2) is 0 Å². The average Bonchev–Trinajstić information content (AvgIpc) is 4.03. The molecule has 5 heteroatoms. The van der Waals surface area contributed by atoms with Crippen molar-refractivity contribution in [2.75, 3.05) is 5.32 Å². The molecule has 0 radical (unpaired) electrons. The predicted molar refractivity (Wildman–Crippen MR) is 299 cm³/mol. The zero-order chi connectivity index (χ0) is 47.3. The van der Waals surface area contributed by atoms with Crippen LogP contribution in [0, 0.1) is 6.92 Å². The third-order valence-electron chi connectivity index (χ3n) is 17.1. The molecule has 3 nitrogen and oxygen atoms in total. The number of nitrogens with one attached hydrogen (secondary N) is 1. The molecule has 69 heavy (non-hydrogen) atoms. The number of hydrogen-bond donors (Lipinski definition) is 1. The summed E-state index contributed by atoms with van der Waals surface area (Å²) >= 11 is 1.91. The van der Waals surface area contributed by atoms with Gasteiger partial charge in [0.2, 0.25) is 0 Å². The van der Waals surface area contributed by atoms with Crippen LogP contribution in [-0.4, -0.2) is 11.8 Å². The topological polar surface area (TPSA) is 30.1 Å². The van der Waals surface area contributed by atoms with E-state index in [0.29, 0.717) is 0 Å². The maximum atomic E-state index is 6.66. The van der Waals surface area contributed by atoms with Gasteiger partial charge in [-0.3, -0.25) is 0 Å². The highest BCUT2D eigenvalue weighted by Gasteiger charge is 2.43. The summed E-state index contributed by atoms with van der Waals surface area (Å²) in [5.41, 5.74) is 24.5. The van der Waals surface area contributed by atoms with Crippen LogP contribution < -0.4 is 16.2 Å². The summed E-state index contributed by atoms with van der Waals surface area (Å²) in [7, 11) is 0.830. The molecule has 8 aromatic carbocycles. The zero-order valence-corrected chi connectivity index (χ0v) is 42.3. The Hall–Kier alpha value is -6.56. The molecule has 0 fully saturated rings. The molecular weight excluding hydrogens is 856 g/mol. The van der Waals surface area contributed by atoms with Crippen molar-refractivity contribution in [2.24, 2.45) is 0 Å². The molecule has 338 valence electrons. The molecule has 0 bridgehead atoms. The number of para-hydroxylation sites is 1. The first kappa shape index (κ1) is 41.4. The monoisotopic (exact) mass is 912 g/mol. The van der Waals surface area contributed by atoms with Gasteiger partial charge in [-0.2, -0.15) is 0 Å². The number of aromatic nitrogens is 1. The number of furan rings is 1.